The first-order valence-electron chi connectivity index (χ1n) is 6.32. The summed E-state index contributed by atoms with van der Waals surface area (Å²) in [4.78, 5) is 1.30. The Hall–Kier alpha value is -0.470. The molecule has 0 aliphatic heterocycles. The smallest absolute Gasteiger partial charge is 0.0661 e. The van der Waals surface area contributed by atoms with Gasteiger partial charge in [-0.1, -0.05) is 32.0 Å². The average Bonchev–Trinajstić information content (AvgIpc) is 2.48. The molecule has 0 heterocycles. The summed E-state index contributed by atoms with van der Waals surface area (Å²) in [6.45, 7) is 6.56. The van der Waals surface area contributed by atoms with Gasteiger partial charge in [-0.05, 0) is 37.3 Å². The molecule has 0 spiro atoms. The molecule has 94 valence electrons. The monoisotopic (exact) mass is 250 g/mol. The van der Waals surface area contributed by atoms with E-state index in [1.165, 1.54) is 4.90 Å². The van der Waals surface area contributed by atoms with Crippen molar-refractivity contribution >= 4 is 11.8 Å². The maximum atomic E-state index is 10.5. The fourth-order valence-corrected chi connectivity index (χ4v) is 4.39. The second-order valence-corrected chi connectivity index (χ2v) is 7.12. The predicted molar refractivity (Wildman–Crippen MR) is 74.3 cm³/mol. The summed E-state index contributed by atoms with van der Waals surface area (Å²) >= 11 is 1.86. The Morgan fingerprint density at radius 1 is 1.18 bits per heavy atom. The minimum absolute atomic E-state index is 0.255. The Bertz CT molecular complexity index is 354. The summed E-state index contributed by atoms with van der Waals surface area (Å²) < 4.78 is 0. The van der Waals surface area contributed by atoms with Gasteiger partial charge >= 0.3 is 0 Å². The molecule has 1 fully saturated rings. The van der Waals surface area contributed by atoms with Gasteiger partial charge in [0.05, 0.1) is 5.60 Å². The molecule has 1 aliphatic rings. The molecule has 0 bridgehead atoms. The molecule has 2 atom stereocenters. The molecule has 0 unspecified atom stereocenters. The summed E-state index contributed by atoms with van der Waals surface area (Å²) in [5.41, 5.74) is -0.240. The van der Waals surface area contributed by atoms with Crippen LogP contribution in [0, 0.1) is 11.3 Å². The second kappa shape index (κ2) is 4.66. The Balaban J connectivity index is 2.03. The second-order valence-electron chi connectivity index (χ2n) is 6.02. The molecule has 2 rings (SSSR count). The lowest BCUT2D eigenvalue weighted by atomic mass is 9.79. The highest BCUT2D eigenvalue weighted by molar-refractivity contribution is 7.99. The first-order chi connectivity index (χ1) is 7.92. The van der Waals surface area contributed by atoms with E-state index in [0.29, 0.717) is 5.92 Å². The van der Waals surface area contributed by atoms with Crippen LogP contribution in [0.4, 0.5) is 0 Å². The lowest BCUT2D eigenvalue weighted by Crippen LogP contribution is -2.36. The number of thioether (sulfide) groups is 1. The van der Waals surface area contributed by atoms with Crippen molar-refractivity contribution in [3.8, 4) is 0 Å². The normalized spacial score (nSPS) is 31.6. The Morgan fingerprint density at radius 3 is 2.35 bits per heavy atom. The maximum absolute atomic E-state index is 10.5. The van der Waals surface area contributed by atoms with Crippen molar-refractivity contribution in [3.05, 3.63) is 30.3 Å². The van der Waals surface area contributed by atoms with E-state index in [0.717, 1.165) is 18.6 Å². The van der Waals surface area contributed by atoms with Gasteiger partial charge in [0.15, 0.2) is 0 Å². The summed E-state index contributed by atoms with van der Waals surface area (Å²) in [5, 5.41) is 10.5. The van der Waals surface area contributed by atoms with Crippen LogP contribution in [0.15, 0.2) is 35.2 Å². The zero-order valence-electron chi connectivity index (χ0n) is 10.9. The van der Waals surface area contributed by atoms with E-state index in [4.69, 9.17) is 0 Å². The number of rotatable bonds is 3. The van der Waals surface area contributed by atoms with Crippen molar-refractivity contribution in [2.45, 2.75) is 44.1 Å². The molecule has 1 saturated carbocycles. The number of aliphatic hydroxyl groups is 1. The minimum atomic E-state index is -0.495. The van der Waals surface area contributed by atoms with Crippen LogP contribution in [0.2, 0.25) is 0 Å². The van der Waals surface area contributed by atoms with Crippen LogP contribution < -0.4 is 0 Å². The number of benzene rings is 1. The van der Waals surface area contributed by atoms with E-state index in [-0.39, 0.29) is 5.41 Å². The van der Waals surface area contributed by atoms with Crippen LogP contribution in [0.3, 0.4) is 0 Å². The van der Waals surface area contributed by atoms with E-state index >= 15 is 0 Å². The lowest BCUT2D eigenvalue weighted by Gasteiger charge is -2.34. The van der Waals surface area contributed by atoms with Gasteiger partial charge in [-0.15, -0.1) is 11.8 Å². The topological polar surface area (TPSA) is 20.2 Å². The van der Waals surface area contributed by atoms with Crippen LogP contribution in [-0.2, 0) is 0 Å². The third kappa shape index (κ3) is 2.86. The van der Waals surface area contributed by atoms with E-state index < -0.39 is 5.60 Å². The summed E-state index contributed by atoms with van der Waals surface area (Å²) in [6, 6.07) is 10.5. The van der Waals surface area contributed by atoms with Crippen molar-refractivity contribution in [2.24, 2.45) is 11.3 Å². The van der Waals surface area contributed by atoms with Gasteiger partial charge in [-0.3, -0.25) is 0 Å². The predicted octanol–water partition coefficient (Wildman–Crippen LogP) is 3.97. The van der Waals surface area contributed by atoms with Gasteiger partial charge in [0.1, 0.15) is 0 Å². The third-order valence-corrected chi connectivity index (χ3v) is 5.23. The molecular weight excluding hydrogens is 228 g/mol. The van der Waals surface area contributed by atoms with Crippen LogP contribution in [0.5, 0.6) is 0 Å². The molecule has 1 aromatic rings. The van der Waals surface area contributed by atoms with E-state index in [9.17, 15) is 5.11 Å². The highest BCUT2D eigenvalue weighted by Crippen LogP contribution is 2.50. The van der Waals surface area contributed by atoms with Crippen LogP contribution in [-0.4, -0.2) is 16.5 Å². The molecule has 0 radical (unpaired) electrons. The average molecular weight is 250 g/mol. The third-order valence-electron chi connectivity index (χ3n) is 4.13. The zero-order valence-corrected chi connectivity index (χ0v) is 11.8. The van der Waals surface area contributed by atoms with Gasteiger partial charge in [-0.2, -0.15) is 0 Å². The highest BCUT2D eigenvalue weighted by Gasteiger charge is 2.48. The van der Waals surface area contributed by atoms with Crippen molar-refractivity contribution < 1.29 is 5.11 Å². The molecule has 1 aromatic carbocycles. The SMILES string of the molecule is CC1(C)CC[C@@](C)(O)[C@@H]1CSc1ccccc1. The first-order valence-corrected chi connectivity index (χ1v) is 7.31. The Kier molecular flexibility index (Phi) is 3.55. The molecule has 0 amide bonds. The van der Waals surface area contributed by atoms with Gasteiger partial charge in [0, 0.05) is 16.6 Å². The summed E-state index contributed by atoms with van der Waals surface area (Å²) in [6.07, 6.45) is 2.06. The molecule has 1 nitrogen and oxygen atoms in total. The molecule has 2 heteroatoms. The minimum Gasteiger partial charge on any atom is -0.390 e. The molecular formula is C15H22OS. The van der Waals surface area contributed by atoms with E-state index in [2.05, 4.69) is 38.1 Å². The van der Waals surface area contributed by atoms with Crippen molar-refractivity contribution in [3.63, 3.8) is 0 Å². The Labute approximate surface area is 109 Å². The van der Waals surface area contributed by atoms with E-state index in [1.807, 2.05) is 24.8 Å². The zero-order chi connectivity index (χ0) is 12.5. The largest absolute Gasteiger partial charge is 0.390 e. The maximum Gasteiger partial charge on any atom is 0.0661 e. The van der Waals surface area contributed by atoms with E-state index in [1.54, 1.807) is 0 Å². The van der Waals surface area contributed by atoms with Crippen LogP contribution >= 0.6 is 11.8 Å². The highest BCUT2D eigenvalue weighted by atomic mass is 32.2. The molecule has 1 aliphatic carbocycles. The van der Waals surface area contributed by atoms with Gasteiger partial charge < -0.3 is 5.11 Å². The molecule has 1 N–H and O–H groups in total. The van der Waals surface area contributed by atoms with Gasteiger partial charge in [-0.25, -0.2) is 0 Å². The van der Waals surface area contributed by atoms with Gasteiger partial charge in [0.25, 0.3) is 0 Å². The fraction of sp³-hybridized carbons (Fsp3) is 0.600. The first kappa shape index (κ1) is 13.0. The van der Waals surface area contributed by atoms with Gasteiger partial charge in [0.2, 0.25) is 0 Å². The van der Waals surface area contributed by atoms with Crippen molar-refractivity contribution in [1.29, 1.82) is 0 Å². The quantitative estimate of drug-likeness (QED) is 0.819. The standard InChI is InChI=1S/C15H22OS/c1-14(2)9-10-15(3,16)13(14)11-17-12-7-5-4-6-8-12/h4-8,13,16H,9-11H2,1-3H3/t13-,15-/m1/s1. The summed E-state index contributed by atoms with van der Waals surface area (Å²) in [7, 11) is 0. The molecule has 0 saturated heterocycles. The van der Waals surface area contributed by atoms with Crippen LogP contribution in [0.1, 0.15) is 33.6 Å². The molecule has 0 aromatic heterocycles. The van der Waals surface area contributed by atoms with Crippen molar-refractivity contribution in [2.75, 3.05) is 5.75 Å². The summed E-state index contributed by atoms with van der Waals surface area (Å²) in [5.74, 6) is 1.38. The Morgan fingerprint density at radius 2 is 1.82 bits per heavy atom. The lowest BCUT2D eigenvalue weighted by molar-refractivity contribution is 0.00753. The number of hydrogen-bond acceptors (Lipinski definition) is 2. The van der Waals surface area contributed by atoms with Crippen LogP contribution in [0.25, 0.3) is 0 Å². The number of hydrogen-bond donors (Lipinski definition) is 1. The fourth-order valence-electron chi connectivity index (χ4n) is 2.87. The van der Waals surface area contributed by atoms with Crippen molar-refractivity contribution in [1.82, 2.24) is 0 Å². The molecule has 17 heavy (non-hydrogen) atoms.